The van der Waals surface area contributed by atoms with E-state index >= 15 is 0 Å². The van der Waals surface area contributed by atoms with Gasteiger partial charge in [0.15, 0.2) is 0 Å². The molecule has 4 aromatic heterocycles. The van der Waals surface area contributed by atoms with Gasteiger partial charge in [0, 0.05) is 42.1 Å². The fourth-order valence-corrected chi connectivity index (χ4v) is 4.93. The van der Waals surface area contributed by atoms with Crippen molar-refractivity contribution in [1.29, 1.82) is 0 Å². The molecule has 1 amide bonds. The summed E-state index contributed by atoms with van der Waals surface area (Å²) in [4.78, 5) is 24.1. The molecule has 1 aliphatic heterocycles. The maximum Gasteiger partial charge on any atom is 0.272 e. The molecule has 0 radical (unpaired) electrons. The van der Waals surface area contributed by atoms with Crippen LogP contribution in [0.4, 0.5) is 0 Å². The fourth-order valence-electron chi connectivity index (χ4n) is 4.93. The zero-order valence-electron chi connectivity index (χ0n) is 18.5. The molecule has 7 heteroatoms. The second kappa shape index (κ2) is 7.48. The molecule has 6 rings (SSSR count). The summed E-state index contributed by atoms with van der Waals surface area (Å²) in [7, 11) is 1.97. The van der Waals surface area contributed by atoms with E-state index in [0.29, 0.717) is 12.2 Å². The lowest BCUT2D eigenvalue weighted by Gasteiger charge is -2.35. The van der Waals surface area contributed by atoms with Crippen LogP contribution >= 0.6 is 0 Å². The van der Waals surface area contributed by atoms with Gasteiger partial charge in [-0.15, -0.1) is 0 Å². The number of para-hydroxylation sites is 1. The van der Waals surface area contributed by atoms with Crippen LogP contribution in [0.5, 0.6) is 0 Å². The van der Waals surface area contributed by atoms with Gasteiger partial charge in [-0.25, -0.2) is 0 Å². The molecule has 0 saturated carbocycles. The molecule has 7 nitrogen and oxygen atoms in total. The highest BCUT2D eigenvalue weighted by Crippen LogP contribution is 2.38. The van der Waals surface area contributed by atoms with E-state index in [1.165, 1.54) is 10.9 Å². The van der Waals surface area contributed by atoms with E-state index in [4.69, 9.17) is 4.98 Å². The number of aromatic amines is 2. The van der Waals surface area contributed by atoms with Crippen molar-refractivity contribution in [3.8, 4) is 11.4 Å². The monoisotopic (exact) mass is 436 g/mol. The number of pyridine rings is 1. The summed E-state index contributed by atoms with van der Waals surface area (Å²) in [5.74, 6) is -0.0828. The molecule has 2 N–H and O–H groups in total. The lowest BCUT2D eigenvalue weighted by atomic mass is 9.94. The number of nitrogens with one attached hydrogen (secondary N) is 2. The summed E-state index contributed by atoms with van der Waals surface area (Å²) >= 11 is 0. The number of aromatic nitrogens is 5. The van der Waals surface area contributed by atoms with Crippen LogP contribution in [0, 0.1) is 6.92 Å². The molecule has 0 bridgehead atoms. The van der Waals surface area contributed by atoms with Crippen LogP contribution in [-0.2, 0) is 13.5 Å². The molecule has 1 aromatic carbocycles. The van der Waals surface area contributed by atoms with Gasteiger partial charge < -0.3 is 14.5 Å². The Kier molecular flexibility index (Phi) is 4.43. The number of H-pyrrole nitrogens is 2. The first kappa shape index (κ1) is 19.5. The maximum absolute atomic E-state index is 13.8. The Morgan fingerprint density at radius 2 is 1.97 bits per heavy atom. The Bertz CT molecular complexity index is 1490. The van der Waals surface area contributed by atoms with Crippen molar-refractivity contribution in [2.24, 2.45) is 7.05 Å². The zero-order chi connectivity index (χ0) is 22.5. The van der Waals surface area contributed by atoms with Crippen molar-refractivity contribution in [3.05, 3.63) is 95.2 Å². The van der Waals surface area contributed by atoms with Crippen molar-refractivity contribution in [3.63, 3.8) is 0 Å². The maximum atomic E-state index is 13.8. The third kappa shape index (κ3) is 3.16. The molecule has 0 fully saturated rings. The Morgan fingerprint density at radius 3 is 2.79 bits per heavy atom. The molecule has 0 aliphatic carbocycles. The number of amides is 1. The number of hydrogen-bond donors (Lipinski definition) is 2. The minimum absolute atomic E-state index is 0.0828. The zero-order valence-corrected chi connectivity index (χ0v) is 18.5. The molecule has 1 atom stereocenters. The van der Waals surface area contributed by atoms with Crippen LogP contribution < -0.4 is 0 Å². The molecule has 0 spiro atoms. The van der Waals surface area contributed by atoms with Gasteiger partial charge in [0.25, 0.3) is 5.91 Å². The SMILES string of the molecule is Cc1cccc([C@H]2c3[nH]c4ccccc4c3CCN2C(=O)c2cc(-c3cccn3C)n[nH]2)n1. The lowest BCUT2D eigenvalue weighted by Crippen LogP contribution is -2.41. The number of aryl methyl sites for hydroxylation is 2. The Morgan fingerprint density at radius 1 is 1.09 bits per heavy atom. The highest BCUT2D eigenvalue weighted by molar-refractivity contribution is 5.95. The molecule has 5 heterocycles. The van der Waals surface area contributed by atoms with Crippen molar-refractivity contribution >= 4 is 16.8 Å². The van der Waals surface area contributed by atoms with Crippen LogP contribution in [-0.4, -0.2) is 42.1 Å². The molecule has 33 heavy (non-hydrogen) atoms. The smallest absolute Gasteiger partial charge is 0.272 e. The van der Waals surface area contributed by atoms with Crippen LogP contribution in [0.1, 0.15) is 39.2 Å². The van der Waals surface area contributed by atoms with E-state index in [-0.39, 0.29) is 11.9 Å². The number of carbonyl (C=O) groups is 1. The van der Waals surface area contributed by atoms with E-state index in [9.17, 15) is 4.79 Å². The molecule has 5 aromatic rings. The van der Waals surface area contributed by atoms with Gasteiger partial charge in [-0.1, -0.05) is 24.3 Å². The van der Waals surface area contributed by atoms with E-state index < -0.39 is 0 Å². The second-order valence-corrected chi connectivity index (χ2v) is 8.59. The lowest BCUT2D eigenvalue weighted by molar-refractivity contribution is 0.0682. The molecule has 0 unspecified atom stereocenters. The topological polar surface area (TPSA) is 82.6 Å². The summed E-state index contributed by atoms with van der Waals surface area (Å²) in [5, 5.41) is 8.59. The number of nitrogens with zero attached hydrogens (tertiary/aromatic N) is 4. The van der Waals surface area contributed by atoms with Crippen molar-refractivity contribution in [2.75, 3.05) is 6.54 Å². The summed E-state index contributed by atoms with van der Waals surface area (Å²) in [6.07, 6.45) is 2.75. The van der Waals surface area contributed by atoms with Gasteiger partial charge in [-0.3, -0.25) is 14.9 Å². The van der Waals surface area contributed by atoms with Crippen LogP contribution in [0.2, 0.25) is 0 Å². The number of hydrogen-bond acceptors (Lipinski definition) is 3. The quantitative estimate of drug-likeness (QED) is 0.440. The highest BCUT2D eigenvalue weighted by atomic mass is 16.2. The van der Waals surface area contributed by atoms with E-state index in [1.807, 2.05) is 72.1 Å². The Hall–Kier alpha value is -4.13. The molecule has 0 saturated heterocycles. The first-order chi connectivity index (χ1) is 16.1. The normalized spacial score (nSPS) is 15.7. The first-order valence-corrected chi connectivity index (χ1v) is 11.1. The Balaban J connectivity index is 1.45. The van der Waals surface area contributed by atoms with Crippen LogP contribution in [0.3, 0.4) is 0 Å². The largest absolute Gasteiger partial charge is 0.356 e. The minimum Gasteiger partial charge on any atom is -0.356 e. The average Bonchev–Trinajstić information content (AvgIpc) is 3.55. The van der Waals surface area contributed by atoms with Crippen molar-refractivity contribution in [2.45, 2.75) is 19.4 Å². The van der Waals surface area contributed by atoms with E-state index in [1.54, 1.807) is 0 Å². The summed E-state index contributed by atoms with van der Waals surface area (Å²) in [5.41, 5.74) is 7.35. The van der Waals surface area contributed by atoms with Gasteiger partial charge in [0.1, 0.15) is 17.4 Å². The number of benzene rings is 1. The third-order valence-electron chi connectivity index (χ3n) is 6.50. The van der Waals surface area contributed by atoms with Crippen molar-refractivity contribution in [1.82, 2.24) is 29.6 Å². The van der Waals surface area contributed by atoms with Crippen LogP contribution in [0.25, 0.3) is 22.3 Å². The second-order valence-electron chi connectivity index (χ2n) is 8.59. The standard InChI is InChI=1S/C26H24N6O/c1-16-7-5-10-20(27-16)25-24-18(17-8-3-4-9-19(17)28-24)12-14-32(25)26(33)22-15-21(29-30-22)23-11-6-13-31(23)2/h3-11,13,15,25,28H,12,14H2,1-2H3,(H,29,30)/t25-/m0/s1. The summed E-state index contributed by atoms with van der Waals surface area (Å²) < 4.78 is 1.99. The van der Waals surface area contributed by atoms with Gasteiger partial charge >= 0.3 is 0 Å². The summed E-state index contributed by atoms with van der Waals surface area (Å²) in [6, 6.07) is 19.8. The minimum atomic E-state index is -0.296. The fraction of sp³-hybridized carbons (Fsp3) is 0.192. The Labute approximate surface area is 191 Å². The number of rotatable bonds is 3. The molecule has 1 aliphatic rings. The predicted molar refractivity (Wildman–Crippen MR) is 127 cm³/mol. The first-order valence-electron chi connectivity index (χ1n) is 11.1. The van der Waals surface area contributed by atoms with Gasteiger partial charge in [0.05, 0.1) is 11.4 Å². The van der Waals surface area contributed by atoms with E-state index in [0.717, 1.165) is 40.4 Å². The third-order valence-corrected chi connectivity index (χ3v) is 6.50. The average molecular weight is 437 g/mol. The summed E-state index contributed by atoms with van der Waals surface area (Å²) in [6.45, 7) is 2.58. The molecular formula is C26H24N6O. The predicted octanol–water partition coefficient (Wildman–Crippen LogP) is 4.39. The van der Waals surface area contributed by atoms with Gasteiger partial charge in [-0.2, -0.15) is 5.10 Å². The van der Waals surface area contributed by atoms with Gasteiger partial charge in [-0.05, 0) is 55.3 Å². The van der Waals surface area contributed by atoms with Crippen LogP contribution in [0.15, 0.2) is 66.9 Å². The van der Waals surface area contributed by atoms with Gasteiger partial charge in [0.2, 0.25) is 0 Å². The number of carbonyl (C=O) groups excluding carboxylic acids is 1. The molecule has 164 valence electrons. The highest BCUT2D eigenvalue weighted by Gasteiger charge is 2.36. The van der Waals surface area contributed by atoms with Crippen molar-refractivity contribution < 1.29 is 4.79 Å². The molecular weight excluding hydrogens is 412 g/mol. The van der Waals surface area contributed by atoms with E-state index in [2.05, 4.69) is 33.4 Å². The number of fused-ring (bicyclic) bond motifs is 3.